The maximum Gasteiger partial charge on any atom is 0.120 e. The lowest BCUT2D eigenvalue weighted by Gasteiger charge is -2.49. The first-order chi connectivity index (χ1) is 15.1. The van der Waals surface area contributed by atoms with Crippen LogP contribution in [0.25, 0.3) is 0 Å². The molecule has 2 aromatic rings. The molecule has 0 bridgehead atoms. The number of rotatable bonds is 5. The van der Waals surface area contributed by atoms with Gasteiger partial charge >= 0.3 is 0 Å². The highest BCUT2D eigenvalue weighted by molar-refractivity contribution is 5.41. The Balaban J connectivity index is 1.34. The molecule has 2 saturated carbocycles. The minimum Gasteiger partial charge on any atom is -0.501 e. The van der Waals surface area contributed by atoms with Gasteiger partial charge in [-0.05, 0) is 91.2 Å². The summed E-state index contributed by atoms with van der Waals surface area (Å²) in [5.74, 6) is 2.75. The molecule has 2 aromatic carbocycles. The number of fused-ring (bicyclic) bond motifs is 5. The molecule has 0 unspecified atom stereocenters. The van der Waals surface area contributed by atoms with Gasteiger partial charge in [0.15, 0.2) is 0 Å². The van der Waals surface area contributed by atoms with Crippen LogP contribution < -0.4 is 4.74 Å². The van der Waals surface area contributed by atoms with E-state index in [1.54, 1.807) is 0 Å². The van der Waals surface area contributed by atoms with Crippen molar-refractivity contribution in [3.05, 3.63) is 77.1 Å². The van der Waals surface area contributed by atoms with Crippen LogP contribution in [0, 0.1) is 17.3 Å². The fourth-order valence-corrected chi connectivity index (χ4v) is 6.55. The Labute approximate surface area is 186 Å². The molecule has 0 amide bonds. The molecule has 2 fully saturated rings. The molecule has 0 saturated heterocycles. The van der Waals surface area contributed by atoms with Gasteiger partial charge in [0, 0.05) is 5.41 Å². The Hall–Kier alpha value is -2.26. The second-order valence-electron chi connectivity index (χ2n) is 9.85. The van der Waals surface area contributed by atoms with E-state index in [-0.39, 0.29) is 11.5 Å². The molecule has 3 aliphatic rings. The van der Waals surface area contributed by atoms with Crippen molar-refractivity contribution in [1.29, 1.82) is 0 Å². The number of hydrogen-bond acceptors (Lipinski definition) is 3. The minimum atomic E-state index is -0.361. The Morgan fingerprint density at radius 2 is 1.97 bits per heavy atom. The van der Waals surface area contributed by atoms with Crippen LogP contribution in [0.5, 0.6) is 5.75 Å². The van der Waals surface area contributed by atoms with Crippen molar-refractivity contribution in [2.75, 3.05) is 6.61 Å². The van der Waals surface area contributed by atoms with Crippen molar-refractivity contribution in [3.63, 3.8) is 0 Å². The topological polar surface area (TPSA) is 38.7 Å². The SMILES string of the molecule is CCO/C=C1\C[C@H]2[C@@H]3CCc4cc(OCc5ccccc5)ccc4[C@H]3CC[C@]2(C)[C@H]1O. The summed E-state index contributed by atoms with van der Waals surface area (Å²) in [6.45, 7) is 5.57. The predicted octanol–water partition coefficient (Wildman–Crippen LogP) is 6.01. The standard InChI is InChI=1S/C28H34O3/c1-3-30-18-21-16-26-25-11-9-20-15-22(31-17-19-7-5-4-6-8-19)10-12-23(20)24(25)13-14-28(26,2)27(21)29/h4-8,10,12,15,18,24-27,29H,3,9,11,13-14,16-17H2,1-2H3/b21-18+/t24-,25-,26+,27+,28+/m1/s1. The monoisotopic (exact) mass is 418 g/mol. The third kappa shape index (κ3) is 3.67. The van der Waals surface area contributed by atoms with Gasteiger partial charge in [-0.15, -0.1) is 0 Å². The average Bonchev–Trinajstić information content (AvgIpc) is 3.07. The van der Waals surface area contributed by atoms with E-state index >= 15 is 0 Å². The Morgan fingerprint density at radius 1 is 1.13 bits per heavy atom. The van der Waals surface area contributed by atoms with Crippen LogP contribution in [0.15, 0.2) is 60.4 Å². The molecule has 3 heteroatoms. The predicted molar refractivity (Wildman–Crippen MR) is 123 cm³/mol. The summed E-state index contributed by atoms with van der Waals surface area (Å²) in [7, 11) is 0. The number of ether oxygens (including phenoxy) is 2. The molecule has 0 aromatic heterocycles. The highest BCUT2D eigenvalue weighted by atomic mass is 16.5. The van der Waals surface area contributed by atoms with Crippen molar-refractivity contribution >= 4 is 0 Å². The second kappa shape index (κ2) is 8.35. The van der Waals surface area contributed by atoms with Gasteiger partial charge < -0.3 is 14.6 Å². The number of benzene rings is 2. The van der Waals surface area contributed by atoms with Crippen molar-refractivity contribution < 1.29 is 14.6 Å². The van der Waals surface area contributed by atoms with Crippen LogP contribution in [-0.2, 0) is 17.8 Å². The first-order valence-corrected chi connectivity index (χ1v) is 11.9. The Kier molecular flexibility index (Phi) is 5.56. The molecule has 1 N–H and O–H groups in total. The first kappa shape index (κ1) is 20.6. The van der Waals surface area contributed by atoms with Crippen molar-refractivity contribution in [2.24, 2.45) is 17.3 Å². The van der Waals surface area contributed by atoms with Gasteiger partial charge in [-0.3, -0.25) is 0 Å². The molecular formula is C28H34O3. The average molecular weight is 419 g/mol. The van der Waals surface area contributed by atoms with E-state index < -0.39 is 0 Å². The number of aliphatic hydroxyl groups is 1. The minimum absolute atomic E-state index is 0.0136. The Bertz CT molecular complexity index is 950. The quantitative estimate of drug-likeness (QED) is 0.604. The fourth-order valence-electron chi connectivity index (χ4n) is 6.55. The van der Waals surface area contributed by atoms with Crippen LogP contribution in [0.2, 0.25) is 0 Å². The smallest absolute Gasteiger partial charge is 0.120 e. The van der Waals surface area contributed by atoms with Crippen LogP contribution in [0.3, 0.4) is 0 Å². The van der Waals surface area contributed by atoms with Crippen LogP contribution in [0.1, 0.15) is 62.1 Å². The highest BCUT2D eigenvalue weighted by Crippen LogP contribution is 2.62. The third-order valence-electron chi connectivity index (χ3n) is 8.22. The first-order valence-electron chi connectivity index (χ1n) is 11.9. The van der Waals surface area contributed by atoms with E-state index in [1.807, 2.05) is 19.3 Å². The summed E-state index contributed by atoms with van der Waals surface area (Å²) in [6, 6.07) is 17.1. The molecule has 0 heterocycles. The lowest BCUT2D eigenvalue weighted by Crippen LogP contribution is -2.44. The summed E-state index contributed by atoms with van der Waals surface area (Å²) >= 11 is 0. The van der Waals surface area contributed by atoms with E-state index in [0.717, 1.165) is 37.0 Å². The molecule has 31 heavy (non-hydrogen) atoms. The summed E-state index contributed by atoms with van der Waals surface area (Å²) in [5, 5.41) is 11.1. The van der Waals surface area contributed by atoms with Gasteiger partial charge in [0.05, 0.1) is 19.0 Å². The number of aryl methyl sites for hydroxylation is 1. The summed E-state index contributed by atoms with van der Waals surface area (Å²) in [5.41, 5.74) is 5.26. The Morgan fingerprint density at radius 3 is 2.77 bits per heavy atom. The second-order valence-corrected chi connectivity index (χ2v) is 9.85. The largest absolute Gasteiger partial charge is 0.501 e. The molecule has 5 rings (SSSR count). The zero-order valence-corrected chi connectivity index (χ0v) is 18.7. The van der Waals surface area contributed by atoms with Crippen LogP contribution in [0.4, 0.5) is 0 Å². The summed E-state index contributed by atoms with van der Waals surface area (Å²) in [6.07, 6.45) is 7.01. The zero-order valence-electron chi connectivity index (χ0n) is 18.7. The van der Waals surface area contributed by atoms with E-state index in [1.165, 1.54) is 23.1 Å². The lowest BCUT2D eigenvalue weighted by atomic mass is 9.55. The van der Waals surface area contributed by atoms with Crippen molar-refractivity contribution in [2.45, 2.75) is 64.6 Å². The van der Waals surface area contributed by atoms with E-state index in [4.69, 9.17) is 9.47 Å². The van der Waals surface area contributed by atoms with E-state index in [9.17, 15) is 5.11 Å². The normalized spacial score (nSPS) is 32.8. The van der Waals surface area contributed by atoms with Gasteiger partial charge in [0.1, 0.15) is 12.4 Å². The fraction of sp³-hybridized carbons (Fsp3) is 0.500. The molecule has 5 atom stereocenters. The van der Waals surface area contributed by atoms with Gasteiger partial charge in [-0.1, -0.05) is 43.3 Å². The van der Waals surface area contributed by atoms with Gasteiger partial charge in [-0.25, -0.2) is 0 Å². The molecular weight excluding hydrogens is 384 g/mol. The third-order valence-corrected chi connectivity index (χ3v) is 8.22. The van der Waals surface area contributed by atoms with Gasteiger partial charge in [0.25, 0.3) is 0 Å². The van der Waals surface area contributed by atoms with Crippen LogP contribution in [-0.4, -0.2) is 17.8 Å². The number of hydrogen-bond donors (Lipinski definition) is 1. The van der Waals surface area contributed by atoms with E-state index in [0.29, 0.717) is 31.0 Å². The van der Waals surface area contributed by atoms with Crippen LogP contribution >= 0.6 is 0 Å². The molecule has 0 spiro atoms. The molecule has 3 aliphatic carbocycles. The molecule has 0 radical (unpaired) electrons. The van der Waals surface area contributed by atoms with Crippen molar-refractivity contribution in [3.8, 4) is 5.75 Å². The summed E-state index contributed by atoms with van der Waals surface area (Å²) < 4.78 is 11.7. The van der Waals surface area contributed by atoms with E-state index in [2.05, 4.69) is 49.4 Å². The lowest BCUT2D eigenvalue weighted by molar-refractivity contribution is -0.0164. The number of aliphatic hydroxyl groups excluding tert-OH is 1. The molecule has 0 aliphatic heterocycles. The van der Waals surface area contributed by atoms with Gasteiger partial charge in [0.2, 0.25) is 0 Å². The maximum absolute atomic E-state index is 11.1. The summed E-state index contributed by atoms with van der Waals surface area (Å²) in [4.78, 5) is 0. The van der Waals surface area contributed by atoms with Crippen molar-refractivity contribution in [1.82, 2.24) is 0 Å². The zero-order chi connectivity index (χ0) is 21.4. The van der Waals surface area contributed by atoms with Gasteiger partial charge in [-0.2, -0.15) is 0 Å². The highest BCUT2D eigenvalue weighted by Gasteiger charge is 2.56. The molecule has 164 valence electrons. The molecule has 3 nitrogen and oxygen atoms in total. The maximum atomic E-state index is 11.1.